The minimum Gasteiger partial charge on any atom is -0.456 e. The van der Waals surface area contributed by atoms with Crippen LogP contribution < -0.4 is 5.32 Å². The van der Waals surface area contributed by atoms with Crippen LogP contribution in [-0.2, 0) is 14.3 Å². The van der Waals surface area contributed by atoms with Crippen molar-refractivity contribution in [3.63, 3.8) is 0 Å². The van der Waals surface area contributed by atoms with Crippen molar-refractivity contribution in [1.82, 2.24) is 5.32 Å². The van der Waals surface area contributed by atoms with Gasteiger partial charge in [-0.1, -0.05) is 0 Å². The maximum atomic E-state index is 13.0. The van der Waals surface area contributed by atoms with Crippen LogP contribution in [0.15, 0.2) is 23.1 Å². The van der Waals surface area contributed by atoms with Gasteiger partial charge in [-0.25, -0.2) is 8.78 Å². The largest absolute Gasteiger partial charge is 0.456 e. The molecule has 1 aromatic carbocycles. The number of thioether (sulfide) groups is 1. The molecule has 0 aliphatic heterocycles. The second-order valence-corrected chi connectivity index (χ2v) is 5.26. The van der Waals surface area contributed by atoms with Gasteiger partial charge in [-0.05, 0) is 18.2 Å². The van der Waals surface area contributed by atoms with Gasteiger partial charge >= 0.3 is 5.97 Å². The molecule has 8 heteroatoms. The Morgan fingerprint density at radius 1 is 1.32 bits per heavy atom. The first-order chi connectivity index (χ1) is 10.5. The van der Waals surface area contributed by atoms with Gasteiger partial charge in [0, 0.05) is 17.2 Å². The zero-order valence-corrected chi connectivity index (χ0v) is 12.4. The molecule has 0 heterocycles. The minimum absolute atomic E-state index is 0.0368. The number of nitriles is 1. The second kappa shape index (κ2) is 9.73. The maximum Gasteiger partial charge on any atom is 0.307 e. The second-order valence-electron chi connectivity index (χ2n) is 4.09. The molecule has 0 saturated carbocycles. The third-order valence-electron chi connectivity index (χ3n) is 2.39. The Labute approximate surface area is 130 Å². The van der Waals surface area contributed by atoms with Gasteiger partial charge in [-0.2, -0.15) is 5.26 Å². The first-order valence-corrected chi connectivity index (χ1v) is 7.38. The van der Waals surface area contributed by atoms with Gasteiger partial charge in [0.05, 0.1) is 18.9 Å². The summed E-state index contributed by atoms with van der Waals surface area (Å²) in [6.07, 6.45) is 0.222. The van der Waals surface area contributed by atoms with Crippen molar-refractivity contribution in [3.8, 4) is 6.07 Å². The number of hydrogen-bond acceptors (Lipinski definition) is 5. The van der Waals surface area contributed by atoms with Crippen LogP contribution in [-0.4, -0.2) is 30.8 Å². The van der Waals surface area contributed by atoms with Gasteiger partial charge in [0.25, 0.3) is 5.91 Å². The van der Waals surface area contributed by atoms with Crippen LogP contribution in [0.3, 0.4) is 0 Å². The van der Waals surface area contributed by atoms with E-state index in [0.29, 0.717) is 10.6 Å². The number of hydrogen-bond donors (Lipinski definition) is 1. The number of halogens is 2. The SMILES string of the molecule is N#CCCNC(=O)COC(=O)CCSc1ccc(F)c(F)c1. The highest BCUT2D eigenvalue weighted by Crippen LogP contribution is 2.21. The molecule has 0 bridgehead atoms. The lowest BCUT2D eigenvalue weighted by atomic mass is 10.3. The Bertz CT molecular complexity index is 576. The number of nitrogens with one attached hydrogen (secondary N) is 1. The highest BCUT2D eigenvalue weighted by Gasteiger charge is 2.08. The smallest absolute Gasteiger partial charge is 0.307 e. The zero-order chi connectivity index (χ0) is 16.4. The predicted molar refractivity (Wildman–Crippen MR) is 75.9 cm³/mol. The number of esters is 1. The van der Waals surface area contributed by atoms with E-state index < -0.39 is 30.1 Å². The lowest BCUT2D eigenvalue weighted by Gasteiger charge is -2.05. The molecule has 0 saturated heterocycles. The van der Waals surface area contributed by atoms with E-state index in [9.17, 15) is 18.4 Å². The van der Waals surface area contributed by atoms with Crippen molar-refractivity contribution in [2.24, 2.45) is 0 Å². The number of ether oxygens (including phenoxy) is 1. The molecule has 1 N–H and O–H groups in total. The summed E-state index contributed by atoms with van der Waals surface area (Å²) in [5.74, 6) is -2.59. The number of carbonyl (C=O) groups excluding carboxylic acids is 2. The summed E-state index contributed by atoms with van der Waals surface area (Å²) in [4.78, 5) is 23.1. The van der Waals surface area contributed by atoms with E-state index in [1.54, 1.807) is 0 Å². The third kappa shape index (κ3) is 7.04. The molecule has 0 fully saturated rings. The number of amides is 1. The van der Waals surface area contributed by atoms with Gasteiger partial charge in [0.15, 0.2) is 18.2 Å². The molecule has 0 atom stereocenters. The molecule has 1 amide bonds. The lowest BCUT2D eigenvalue weighted by Crippen LogP contribution is -2.29. The van der Waals surface area contributed by atoms with Gasteiger partial charge in [-0.3, -0.25) is 9.59 Å². The van der Waals surface area contributed by atoms with Crippen LogP contribution in [0, 0.1) is 23.0 Å². The Kier molecular flexibility index (Phi) is 7.92. The highest BCUT2D eigenvalue weighted by molar-refractivity contribution is 7.99. The summed E-state index contributed by atoms with van der Waals surface area (Å²) in [7, 11) is 0. The molecular formula is C14H14F2N2O3S. The Morgan fingerprint density at radius 3 is 2.77 bits per heavy atom. The van der Waals surface area contributed by atoms with E-state index in [2.05, 4.69) is 5.32 Å². The summed E-state index contributed by atoms with van der Waals surface area (Å²) < 4.78 is 30.4. The molecule has 1 aromatic rings. The third-order valence-corrected chi connectivity index (χ3v) is 3.38. The quantitative estimate of drug-likeness (QED) is 0.449. The number of nitrogens with zero attached hydrogens (tertiary/aromatic N) is 1. The zero-order valence-electron chi connectivity index (χ0n) is 11.6. The van der Waals surface area contributed by atoms with E-state index in [0.717, 1.165) is 12.1 Å². The monoisotopic (exact) mass is 328 g/mol. The molecule has 0 aliphatic rings. The lowest BCUT2D eigenvalue weighted by molar-refractivity contribution is -0.148. The van der Waals surface area contributed by atoms with Crippen molar-refractivity contribution in [1.29, 1.82) is 5.26 Å². The van der Waals surface area contributed by atoms with Gasteiger partial charge < -0.3 is 10.1 Å². The average molecular weight is 328 g/mol. The normalized spacial score (nSPS) is 9.86. The summed E-state index contributed by atoms with van der Waals surface area (Å²) in [5.41, 5.74) is 0. The van der Waals surface area contributed by atoms with Crippen LogP contribution in [0.4, 0.5) is 8.78 Å². The summed E-state index contributed by atoms with van der Waals surface area (Å²) >= 11 is 1.18. The van der Waals surface area contributed by atoms with Crippen molar-refractivity contribution in [3.05, 3.63) is 29.8 Å². The summed E-state index contributed by atoms with van der Waals surface area (Å²) in [5, 5.41) is 10.7. The summed E-state index contributed by atoms with van der Waals surface area (Å²) in [6.45, 7) is -0.195. The van der Waals surface area contributed by atoms with Crippen molar-refractivity contribution in [2.45, 2.75) is 17.7 Å². The van der Waals surface area contributed by atoms with E-state index in [1.165, 1.54) is 17.8 Å². The fourth-order valence-corrected chi connectivity index (χ4v) is 2.20. The van der Waals surface area contributed by atoms with Gasteiger partial charge in [0.2, 0.25) is 0 Å². The molecule has 0 aliphatic carbocycles. The number of rotatable bonds is 8. The molecule has 5 nitrogen and oxygen atoms in total. The van der Waals surface area contributed by atoms with Crippen LogP contribution in [0.25, 0.3) is 0 Å². The molecule has 1 rings (SSSR count). The van der Waals surface area contributed by atoms with Crippen LogP contribution in [0.5, 0.6) is 0 Å². The highest BCUT2D eigenvalue weighted by atomic mass is 32.2. The number of benzene rings is 1. The topological polar surface area (TPSA) is 79.2 Å². The molecule has 0 radical (unpaired) electrons. The molecule has 0 unspecified atom stereocenters. The standard InChI is InChI=1S/C14H14F2N2O3S/c15-11-3-2-10(8-12(11)16)22-7-4-14(20)21-9-13(19)18-6-1-5-17/h2-3,8H,1,4,6-7,9H2,(H,18,19). The average Bonchev–Trinajstić information content (AvgIpc) is 2.49. The Hall–Kier alpha value is -2.14. The predicted octanol–water partition coefficient (Wildman–Crippen LogP) is 2.02. The first kappa shape index (κ1) is 17.9. The molecule has 0 aromatic heterocycles. The first-order valence-electron chi connectivity index (χ1n) is 6.40. The van der Waals surface area contributed by atoms with Gasteiger partial charge in [0.1, 0.15) is 0 Å². The van der Waals surface area contributed by atoms with Crippen molar-refractivity contribution >= 4 is 23.6 Å². The molecule has 0 spiro atoms. The Balaban J connectivity index is 2.19. The minimum atomic E-state index is -0.943. The van der Waals surface area contributed by atoms with E-state index in [4.69, 9.17) is 10.00 Å². The van der Waals surface area contributed by atoms with Crippen molar-refractivity contribution in [2.75, 3.05) is 18.9 Å². The van der Waals surface area contributed by atoms with Crippen LogP contribution in [0.2, 0.25) is 0 Å². The fourth-order valence-electron chi connectivity index (χ4n) is 1.35. The molecular weight excluding hydrogens is 314 g/mol. The maximum absolute atomic E-state index is 13.0. The van der Waals surface area contributed by atoms with E-state index in [-0.39, 0.29) is 19.4 Å². The number of carbonyl (C=O) groups is 2. The molecule has 22 heavy (non-hydrogen) atoms. The van der Waals surface area contributed by atoms with Crippen LogP contribution >= 0.6 is 11.8 Å². The van der Waals surface area contributed by atoms with Gasteiger partial charge in [-0.15, -0.1) is 11.8 Å². The van der Waals surface area contributed by atoms with Crippen LogP contribution in [0.1, 0.15) is 12.8 Å². The van der Waals surface area contributed by atoms with Crippen molar-refractivity contribution < 1.29 is 23.1 Å². The molecule has 118 valence electrons. The van der Waals surface area contributed by atoms with E-state index in [1.807, 2.05) is 6.07 Å². The Morgan fingerprint density at radius 2 is 2.09 bits per heavy atom. The van der Waals surface area contributed by atoms with E-state index >= 15 is 0 Å². The fraction of sp³-hybridized carbons (Fsp3) is 0.357. The summed E-state index contributed by atoms with van der Waals surface area (Å²) in [6, 6.07) is 5.34.